The molecule has 1 aliphatic carbocycles. The van der Waals surface area contributed by atoms with Gasteiger partial charge in [0.1, 0.15) is 5.75 Å². The topological polar surface area (TPSA) is 35.2 Å². The number of hydrogen-bond acceptors (Lipinski definition) is 2. The Morgan fingerprint density at radius 2 is 1.89 bits per heavy atom. The zero-order valence-electron chi connectivity index (χ0n) is 10.8. The largest absolute Gasteiger partial charge is 0.497 e. The fourth-order valence-electron chi connectivity index (χ4n) is 3.09. The zero-order valence-corrected chi connectivity index (χ0v) is 10.8. The number of benzene rings is 2. The Hall–Kier alpha value is -1.54. The van der Waals surface area contributed by atoms with E-state index in [9.17, 15) is 0 Å². The smallest absolute Gasteiger partial charge is 0.119 e. The lowest BCUT2D eigenvalue weighted by Crippen LogP contribution is -2.33. The molecule has 2 N–H and O–H groups in total. The Bertz CT molecular complexity index is 570. The minimum absolute atomic E-state index is 0.147. The van der Waals surface area contributed by atoms with E-state index in [4.69, 9.17) is 10.5 Å². The Balaban J connectivity index is 2.21. The Morgan fingerprint density at radius 3 is 2.61 bits per heavy atom. The van der Waals surface area contributed by atoms with Crippen LogP contribution < -0.4 is 10.5 Å². The van der Waals surface area contributed by atoms with Crippen molar-refractivity contribution in [1.82, 2.24) is 0 Å². The van der Waals surface area contributed by atoms with Crippen LogP contribution in [-0.2, 0) is 5.54 Å². The van der Waals surface area contributed by atoms with Gasteiger partial charge in [-0.3, -0.25) is 0 Å². The van der Waals surface area contributed by atoms with Gasteiger partial charge in [-0.15, -0.1) is 0 Å². The minimum Gasteiger partial charge on any atom is -0.497 e. The first-order chi connectivity index (χ1) is 8.73. The molecule has 0 unspecified atom stereocenters. The standard InChI is InChI=1S/C16H19NO/c1-18-13-8-7-12-5-4-6-15(14(12)11-13)16(17)9-2-3-10-16/h4-8,11H,2-3,9-10,17H2,1H3. The monoisotopic (exact) mass is 241 g/mol. The van der Waals surface area contributed by atoms with E-state index in [2.05, 4.69) is 30.3 Å². The zero-order chi connectivity index (χ0) is 12.6. The second-order valence-corrected chi connectivity index (χ2v) is 5.26. The molecule has 0 aliphatic heterocycles. The SMILES string of the molecule is COc1ccc2cccc(C3(N)CCCC3)c2c1. The number of nitrogens with two attached hydrogens (primary N) is 1. The number of ether oxygens (including phenoxy) is 1. The van der Waals surface area contributed by atoms with Gasteiger partial charge in [0.25, 0.3) is 0 Å². The molecule has 0 bridgehead atoms. The second kappa shape index (κ2) is 4.29. The molecule has 0 spiro atoms. The summed E-state index contributed by atoms with van der Waals surface area (Å²) in [4.78, 5) is 0. The number of methoxy groups -OCH3 is 1. The highest BCUT2D eigenvalue weighted by Crippen LogP contribution is 2.40. The van der Waals surface area contributed by atoms with E-state index < -0.39 is 0 Å². The summed E-state index contributed by atoms with van der Waals surface area (Å²) in [7, 11) is 1.71. The van der Waals surface area contributed by atoms with E-state index in [1.165, 1.54) is 29.2 Å². The molecular weight excluding hydrogens is 222 g/mol. The van der Waals surface area contributed by atoms with Crippen LogP contribution in [0.25, 0.3) is 10.8 Å². The first-order valence-corrected chi connectivity index (χ1v) is 6.59. The van der Waals surface area contributed by atoms with Crippen LogP contribution in [-0.4, -0.2) is 7.11 Å². The van der Waals surface area contributed by atoms with E-state index in [0.717, 1.165) is 18.6 Å². The van der Waals surface area contributed by atoms with Gasteiger partial charge in [0.15, 0.2) is 0 Å². The molecule has 0 saturated heterocycles. The van der Waals surface area contributed by atoms with Crippen molar-refractivity contribution in [1.29, 1.82) is 0 Å². The summed E-state index contributed by atoms with van der Waals surface area (Å²) in [5.74, 6) is 0.900. The Morgan fingerprint density at radius 1 is 1.11 bits per heavy atom. The maximum atomic E-state index is 6.60. The van der Waals surface area contributed by atoms with E-state index in [0.29, 0.717) is 0 Å². The molecule has 94 valence electrons. The molecule has 2 nitrogen and oxygen atoms in total. The van der Waals surface area contributed by atoms with Gasteiger partial charge in [-0.1, -0.05) is 37.1 Å². The van der Waals surface area contributed by atoms with Gasteiger partial charge in [0.2, 0.25) is 0 Å². The van der Waals surface area contributed by atoms with Crippen LogP contribution in [0.5, 0.6) is 5.75 Å². The lowest BCUT2D eigenvalue weighted by molar-refractivity contribution is 0.415. The first-order valence-electron chi connectivity index (χ1n) is 6.59. The third-order valence-corrected chi connectivity index (χ3v) is 4.12. The quantitative estimate of drug-likeness (QED) is 0.872. The average Bonchev–Trinajstić information content (AvgIpc) is 2.85. The van der Waals surface area contributed by atoms with Gasteiger partial charge in [-0.05, 0) is 41.3 Å². The van der Waals surface area contributed by atoms with Crippen molar-refractivity contribution in [2.24, 2.45) is 5.73 Å². The maximum absolute atomic E-state index is 6.60. The van der Waals surface area contributed by atoms with Gasteiger partial charge >= 0.3 is 0 Å². The van der Waals surface area contributed by atoms with Crippen molar-refractivity contribution in [3.8, 4) is 5.75 Å². The molecule has 3 rings (SSSR count). The molecule has 18 heavy (non-hydrogen) atoms. The fraction of sp³-hybridized carbons (Fsp3) is 0.375. The highest BCUT2D eigenvalue weighted by molar-refractivity contribution is 5.88. The van der Waals surface area contributed by atoms with Gasteiger partial charge < -0.3 is 10.5 Å². The van der Waals surface area contributed by atoms with E-state index in [-0.39, 0.29) is 5.54 Å². The summed E-state index contributed by atoms with van der Waals surface area (Å²) in [6.07, 6.45) is 4.64. The lowest BCUT2D eigenvalue weighted by atomic mass is 9.86. The molecule has 0 heterocycles. The average molecular weight is 241 g/mol. The van der Waals surface area contributed by atoms with Crippen molar-refractivity contribution < 1.29 is 4.74 Å². The summed E-state index contributed by atoms with van der Waals surface area (Å²) in [5.41, 5.74) is 7.72. The summed E-state index contributed by atoms with van der Waals surface area (Å²) < 4.78 is 5.33. The summed E-state index contributed by atoms with van der Waals surface area (Å²) >= 11 is 0. The van der Waals surface area contributed by atoms with Crippen molar-refractivity contribution in [3.63, 3.8) is 0 Å². The third kappa shape index (κ3) is 1.77. The van der Waals surface area contributed by atoms with Crippen LogP contribution >= 0.6 is 0 Å². The molecule has 0 radical (unpaired) electrons. The minimum atomic E-state index is -0.147. The van der Waals surface area contributed by atoms with Crippen LogP contribution in [0.15, 0.2) is 36.4 Å². The summed E-state index contributed by atoms with van der Waals surface area (Å²) in [6, 6.07) is 12.6. The van der Waals surface area contributed by atoms with Gasteiger partial charge in [0, 0.05) is 5.54 Å². The fourth-order valence-corrected chi connectivity index (χ4v) is 3.09. The van der Waals surface area contributed by atoms with Crippen molar-refractivity contribution >= 4 is 10.8 Å². The molecule has 2 aromatic carbocycles. The summed E-state index contributed by atoms with van der Waals surface area (Å²) in [5, 5.41) is 2.48. The first kappa shape index (κ1) is 11.5. The van der Waals surface area contributed by atoms with Gasteiger partial charge in [-0.25, -0.2) is 0 Å². The maximum Gasteiger partial charge on any atom is 0.119 e. The number of fused-ring (bicyclic) bond motifs is 1. The highest BCUT2D eigenvalue weighted by atomic mass is 16.5. The van der Waals surface area contributed by atoms with Crippen molar-refractivity contribution in [3.05, 3.63) is 42.0 Å². The molecule has 1 fully saturated rings. The molecule has 1 saturated carbocycles. The van der Waals surface area contributed by atoms with Crippen LogP contribution in [0.4, 0.5) is 0 Å². The van der Waals surface area contributed by atoms with Crippen LogP contribution in [0, 0.1) is 0 Å². The van der Waals surface area contributed by atoms with Crippen molar-refractivity contribution in [2.45, 2.75) is 31.2 Å². The predicted molar refractivity (Wildman–Crippen MR) is 74.8 cm³/mol. The Labute approximate surface area is 108 Å². The normalized spacial score (nSPS) is 18.1. The van der Waals surface area contributed by atoms with E-state index in [1.54, 1.807) is 7.11 Å². The lowest BCUT2D eigenvalue weighted by Gasteiger charge is -2.26. The van der Waals surface area contributed by atoms with Crippen LogP contribution in [0.2, 0.25) is 0 Å². The third-order valence-electron chi connectivity index (χ3n) is 4.12. The highest BCUT2D eigenvalue weighted by Gasteiger charge is 2.32. The molecule has 0 amide bonds. The molecule has 1 aliphatic rings. The van der Waals surface area contributed by atoms with E-state index >= 15 is 0 Å². The van der Waals surface area contributed by atoms with Gasteiger partial charge in [-0.2, -0.15) is 0 Å². The molecule has 2 heteroatoms. The van der Waals surface area contributed by atoms with Crippen molar-refractivity contribution in [2.75, 3.05) is 7.11 Å². The number of hydrogen-bond donors (Lipinski definition) is 1. The molecule has 0 aromatic heterocycles. The Kier molecular flexibility index (Phi) is 2.75. The summed E-state index contributed by atoms with van der Waals surface area (Å²) in [6.45, 7) is 0. The molecule has 2 aromatic rings. The van der Waals surface area contributed by atoms with Crippen LogP contribution in [0.1, 0.15) is 31.2 Å². The molecule has 0 atom stereocenters. The van der Waals surface area contributed by atoms with Crippen LogP contribution in [0.3, 0.4) is 0 Å². The predicted octanol–water partition coefficient (Wildman–Crippen LogP) is 3.58. The molecular formula is C16H19NO. The van der Waals surface area contributed by atoms with E-state index in [1.807, 2.05) is 6.07 Å². The number of rotatable bonds is 2. The van der Waals surface area contributed by atoms with Gasteiger partial charge in [0.05, 0.1) is 7.11 Å². The second-order valence-electron chi connectivity index (χ2n) is 5.26.